The molecule has 1 N–H and O–H groups in total. The van der Waals surface area contributed by atoms with Crippen LogP contribution < -0.4 is 10.1 Å². The third kappa shape index (κ3) is 6.08. The van der Waals surface area contributed by atoms with Gasteiger partial charge in [-0.15, -0.1) is 0 Å². The molecule has 148 valence electrons. The molecule has 1 amide bonds. The fraction of sp³-hybridized carbons (Fsp3) is 0.300. The Kier molecular flexibility index (Phi) is 6.70. The molecule has 8 heteroatoms. The van der Waals surface area contributed by atoms with E-state index in [1.165, 1.54) is 18.2 Å². The van der Waals surface area contributed by atoms with Crippen LogP contribution in [0.25, 0.3) is 0 Å². The quantitative estimate of drug-likeness (QED) is 0.444. The Labute approximate surface area is 162 Å². The number of rotatable bonds is 7. The number of para-hydroxylation sites is 2. The minimum absolute atomic E-state index is 0.00585. The normalized spacial score (nSPS) is 10.8. The molecule has 0 aliphatic rings. The number of hydrogen-bond acceptors (Lipinski definition) is 6. The van der Waals surface area contributed by atoms with Crippen LogP contribution in [0.4, 0.5) is 11.4 Å². The fourth-order valence-electron chi connectivity index (χ4n) is 2.31. The van der Waals surface area contributed by atoms with Gasteiger partial charge in [0.15, 0.2) is 19.0 Å². The Morgan fingerprint density at radius 1 is 1.04 bits per heavy atom. The number of nitro benzene ring substituents is 1. The molecule has 2 rings (SSSR count). The average molecular weight is 386 g/mol. The number of anilines is 1. The van der Waals surface area contributed by atoms with Crippen molar-refractivity contribution in [1.29, 1.82) is 0 Å². The topological polar surface area (TPSA) is 108 Å². The molecule has 0 aliphatic heterocycles. The van der Waals surface area contributed by atoms with Crippen molar-refractivity contribution >= 4 is 23.3 Å². The second-order valence-electron chi connectivity index (χ2n) is 7.05. The molecule has 0 fully saturated rings. The van der Waals surface area contributed by atoms with E-state index in [4.69, 9.17) is 9.47 Å². The van der Waals surface area contributed by atoms with Crippen LogP contribution in [0.15, 0.2) is 48.5 Å². The summed E-state index contributed by atoms with van der Waals surface area (Å²) < 4.78 is 9.94. The predicted molar refractivity (Wildman–Crippen MR) is 103 cm³/mol. The molecule has 0 unspecified atom stereocenters. The molecule has 8 nitrogen and oxygen atoms in total. The van der Waals surface area contributed by atoms with Crippen LogP contribution in [-0.2, 0) is 19.7 Å². The van der Waals surface area contributed by atoms with Crippen LogP contribution in [0, 0.1) is 10.1 Å². The number of nitrogens with one attached hydrogen (secondary N) is 1. The van der Waals surface area contributed by atoms with Gasteiger partial charge in [-0.25, -0.2) is 4.79 Å². The lowest BCUT2D eigenvalue weighted by Crippen LogP contribution is -2.23. The molecule has 28 heavy (non-hydrogen) atoms. The molecule has 0 saturated carbocycles. The van der Waals surface area contributed by atoms with Gasteiger partial charge in [-0.2, -0.15) is 0 Å². The van der Waals surface area contributed by atoms with E-state index < -0.39 is 30.0 Å². The summed E-state index contributed by atoms with van der Waals surface area (Å²) in [6, 6.07) is 13.1. The van der Waals surface area contributed by atoms with Gasteiger partial charge in [0.2, 0.25) is 0 Å². The summed E-state index contributed by atoms with van der Waals surface area (Å²) in [6.07, 6.45) is 0. The molecule has 0 aliphatic carbocycles. The Morgan fingerprint density at radius 2 is 1.68 bits per heavy atom. The minimum atomic E-state index is -0.809. The van der Waals surface area contributed by atoms with Crippen molar-refractivity contribution < 1.29 is 24.0 Å². The summed E-state index contributed by atoms with van der Waals surface area (Å²) in [6.45, 7) is 5.24. The lowest BCUT2D eigenvalue weighted by molar-refractivity contribution is -0.385. The summed E-state index contributed by atoms with van der Waals surface area (Å²) in [5.74, 6) is -1.35. The smallest absolute Gasteiger partial charge is 0.344 e. The van der Waals surface area contributed by atoms with Gasteiger partial charge in [-0.3, -0.25) is 14.9 Å². The van der Waals surface area contributed by atoms with Crippen molar-refractivity contribution in [1.82, 2.24) is 0 Å². The standard InChI is InChI=1S/C20H22N2O6/c1-20(2,3)14-8-10-15(11-9-14)21-18(23)12-28-19(24)13-27-17-7-5-4-6-16(17)22(25)26/h4-11H,12-13H2,1-3H3,(H,21,23). The van der Waals surface area contributed by atoms with Gasteiger partial charge in [0.05, 0.1) is 4.92 Å². The van der Waals surface area contributed by atoms with Crippen LogP contribution in [0.1, 0.15) is 26.3 Å². The maximum atomic E-state index is 11.9. The number of carbonyl (C=O) groups is 2. The Hall–Kier alpha value is -3.42. The van der Waals surface area contributed by atoms with Crippen LogP contribution in [0.3, 0.4) is 0 Å². The second-order valence-corrected chi connectivity index (χ2v) is 7.05. The fourth-order valence-corrected chi connectivity index (χ4v) is 2.31. The zero-order valence-electron chi connectivity index (χ0n) is 15.9. The average Bonchev–Trinajstić information content (AvgIpc) is 2.64. The van der Waals surface area contributed by atoms with Crippen molar-refractivity contribution in [3.05, 3.63) is 64.2 Å². The van der Waals surface area contributed by atoms with Crippen molar-refractivity contribution in [3.8, 4) is 5.75 Å². The highest BCUT2D eigenvalue weighted by atomic mass is 16.6. The van der Waals surface area contributed by atoms with E-state index in [1.54, 1.807) is 18.2 Å². The van der Waals surface area contributed by atoms with Gasteiger partial charge >= 0.3 is 11.7 Å². The predicted octanol–water partition coefficient (Wildman–Crippen LogP) is 3.45. The van der Waals surface area contributed by atoms with Gasteiger partial charge in [0.25, 0.3) is 5.91 Å². The van der Waals surface area contributed by atoms with E-state index >= 15 is 0 Å². The highest BCUT2D eigenvalue weighted by molar-refractivity contribution is 5.92. The number of nitro groups is 1. The maximum Gasteiger partial charge on any atom is 0.344 e. The highest BCUT2D eigenvalue weighted by Crippen LogP contribution is 2.25. The van der Waals surface area contributed by atoms with Crippen molar-refractivity contribution in [2.75, 3.05) is 18.5 Å². The first kappa shape index (κ1) is 20.9. The summed E-state index contributed by atoms with van der Waals surface area (Å²) in [4.78, 5) is 33.9. The van der Waals surface area contributed by atoms with E-state index in [1.807, 2.05) is 12.1 Å². The third-order valence-corrected chi connectivity index (χ3v) is 3.81. The first-order valence-electron chi connectivity index (χ1n) is 8.59. The van der Waals surface area contributed by atoms with E-state index in [2.05, 4.69) is 26.1 Å². The SMILES string of the molecule is CC(C)(C)c1ccc(NC(=O)COC(=O)COc2ccccc2[N+](=O)[O-])cc1. The van der Waals surface area contributed by atoms with Crippen molar-refractivity contribution in [3.63, 3.8) is 0 Å². The number of hydrogen-bond donors (Lipinski definition) is 1. The van der Waals surface area contributed by atoms with Gasteiger partial charge < -0.3 is 14.8 Å². The molecule has 0 bridgehead atoms. The van der Waals surface area contributed by atoms with E-state index in [0.29, 0.717) is 5.69 Å². The van der Waals surface area contributed by atoms with Crippen molar-refractivity contribution in [2.45, 2.75) is 26.2 Å². The summed E-state index contributed by atoms with van der Waals surface area (Å²) in [5.41, 5.74) is 1.47. The molecule has 0 radical (unpaired) electrons. The van der Waals surface area contributed by atoms with Crippen LogP contribution in [-0.4, -0.2) is 30.0 Å². The zero-order valence-corrected chi connectivity index (χ0v) is 15.9. The van der Waals surface area contributed by atoms with E-state index in [0.717, 1.165) is 5.56 Å². The molecule has 0 saturated heterocycles. The number of amides is 1. The number of ether oxygens (including phenoxy) is 2. The molecule has 0 spiro atoms. The molecule has 0 heterocycles. The van der Waals surface area contributed by atoms with E-state index in [9.17, 15) is 19.7 Å². The van der Waals surface area contributed by atoms with Gasteiger partial charge in [0, 0.05) is 11.8 Å². The van der Waals surface area contributed by atoms with Crippen molar-refractivity contribution in [2.24, 2.45) is 0 Å². The zero-order chi connectivity index (χ0) is 20.7. The molecule has 2 aromatic rings. The number of carbonyl (C=O) groups excluding carboxylic acids is 2. The summed E-state index contributed by atoms with van der Waals surface area (Å²) in [7, 11) is 0. The molecule has 0 aromatic heterocycles. The first-order valence-corrected chi connectivity index (χ1v) is 8.59. The Morgan fingerprint density at radius 3 is 2.29 bits per heavy atom. The number of esters is 1. The lowest BCUT2D eigenvalue weighted by atomic mass is 9.87. The second kappa shape index (κ2) is 8.98. The summed E-state index contributed by atoms with van der Waals surface area (Å²) in [5, 5.41) is 13.5. The van der Waals surface area contributed by atoms with E-state index in [-0.39, 0.29) is 16.9 Å². The highest BCUT2D eigenvalue weighted by Gasteiger charge is 2.16. The maximum absolute atomic E-state index is 11.9. The number of benzene rings is 2. The Balaban J connectivity index is 1.80. The monoisotopic (exact) mass is 386 g/mol. The molecule has 0 atom stereocenters. The Bertz CT molecular complexity index is 856. The molecule has 2 aromatic carbocycles. The largest absolute Gasteiger partial charge is 0.475 e. The third-order valence-electron chi connectivity index (χ3n) is 3.81. The van der Waals surface area contributed by atoms with Crippen LogP contribution >= 0.6 is 0 Å². The van der Waals surface area contributed by atoms with Crippen LogP contribution in [0.2, 0.25) is 0 Å². The first-order chi connectivity index (χ1) is 13.2. The van der Waals surface area contributed by atoms with Crippen LogP contribution in [0.5, 0.6) is 5.75 Å². The summed E-state index contributed by atoms with van der Waals surface area (Å²) >= 11 is 0. The number of nitrogens with zero attached hydrogens (tertiary/aromatic N) is 1. The molecular weight excluding hydrogens is 364 g/mol. The lowest BCUT2D eigenvalue weighted by Gasteiger charge is -2.19. The van der Waals surface area contributed by atoms with Gasteiger partial charge in [0.1, 0.15) is 0 Å². The van der Waals surface area contributed by atoms with Gasteiger partial charge in [-0.1, -0.05) is 45.0 Å². The van der Waals surface area contributed by atoms with Gasteiger partial charge in [-0.05, 0) is 29.2 Å². The minimum Gasteiger partial charge on any atom is -0.475 e. The molecular formula is C20H22N2O6.